The smallest absolute Gasteiger partial charge is 0.237 e. The van der Waals surface area contributed by atoms with Crippen LogP contribution in [0.5, 0.6) is 0 Å². The third-order valence-corrected chi connectivity index (χ3v) is 5.91. The Balaban J connectivity index is 1.80. The molecule has 1 amide bonds. The number of benzene rings is 1. The van der Waals surface area contributed by atoms with E-state index in [9.17, 15) is 4.79 Å². The summed E-state index contributed by atoms with van der Waals surface area (Å²) in [5, 5.41) is 16.5. The van der Waals surface area contributed by atoms with Crippen molar-refractivity contribution in [3.63, 3.8) is 0 Å². The standard InChI is InChI=1S/C20H26N6OS/c1-7-26-18(16-11-9-8-10-12(16)2)22-23-20(26)28-15(5)19(27)21-17-13(3)24-25(6)14(17)4/h8-11,15H,7H2,1-6H3,(H,21,27)/t15-/m0/s1. The van der Waals surface area contributed by atoms with E-state index in [1.165, 1.54) is 11.8 Å². The number of thioether (sulfide) groups is 1. The summed E-state index contributed by atoms with van der Waals surface area (Å²) in [6.45, 7) is 10.6. The van der Waals surface area contributed by atoms with Gasteiger partial charge in [0, 0.05) is 19.2 Å². The molecule has 1 N–H and O–H groups in total. The van der Waals surface area contributed by atoms with E-state index in [-0.39, 0.29) is 11.2 Å². The van der Waals surface area contributed by atoms with E-state index < -0.39 is 0 Å². The number of hydrogen-bond acceptors (Lipinski definition) is 5. The third-order valence-electron chi connectivity index (χ3n) is 4.83. The van der Waals surface area contributed by atoms with Gasteiger partial charge in [0.1, 0.15) is 0 Å². The summed E-state index contributed by atoms with van der Waals surface area (Å²) < 4.78 is 3.82. The highest BCUT2D eigenvalue weighted by Gasteiger charge is 2.22. The van der Waals surface area contributed by atoms with Gasteiger partial charge in [0.15, 0.2) is 11.0 Å². The molecule has 1 aromatic carbocycles. The fraction of sp³-hybridized carbons (Fsp3) is 0.400. The molecule has 0 aliphatic carbocycles. The van der Waals surface area contributed by atoms with Gasteiger partial charge in [-0.3, -0.25) is 9.48 Å². The first-order chi connectivity index (χ1) is 13.3. The van der Waals surface area contributed by atoms with E-state index in [0.29, 0.717) is 0 Å². The van der Waals surface area contributed by atoms with Crippen LogP contribution in [0, 0.1) is 20.8 Å². The van der Waals surface area contributed by atoms with Gasteiger partial charge in [-0.05, 0) is 40.2 Å². The number of hydrogen-bond donors (Lipinski definition) is 1. The van der Waals surface area contributed by atoms with Crippen molar-refractivity contribution in [3.8, 4) is 11.4 Å². The molecular formula is C20H26N6OS. The van der Waals surface area contributed by atoms with Crippen molar-refractivity contribution in [2.75, 3.05) is 5.32 Å². The maximum Gasteiger partial charge on any atom is 0.237 e. The lowest BCUT2D eigenvalue weighted by molar-refractivity contribution is -0.115. The average molecular weight is 399 g/mol. The number of carbonyl (C=O) groups is 1. The molecule has 2 aromatic heterocycles. The van der Waals surface area contributed by atoms with Gasteiger partial charge in [0.25, 0.3) is 0 Å². The number of aromatic nitrogens is 5. The molecule has 3 aromatic rings. The molecule has 2 heterocycles. The Bertz CT molecular complexity index is 1010. The van der Waals surface area contributed by atoms with Crippen LogP contribution in [0.25, 0.3) is 11.4 Å². The van der Waals surface area contributed by atoms with E-state index in [2.05, 4.69) is 45.1 Å². The number of nitrogens with zero attached hydrogens (tertiary/aromatic N) is 5. The van der Waals surface area contributed by atoms with Crippen LogP contribution in [0.15, 0.2) is 29.4 Å². The number of anilines is 1. The molecule has 0 aliphatic heterocycles. The van der Waals surface area contributed by atoms with Gasteiger partial charge in [-0.1, -0.05) is 36.0 Å². The summed E-state index contributed by atoms with van der Waals surface area (Å²) in [6.07, 6.45) is 0. The minimum Gasteiger partial charge on any atom is -0.322 e. The maximum atomic E-state index is 12.7. The predicted molar refractivity (Wildman–Crippen MR) is 112 cm³/mol. The molecule has 28 heavy (non-hydrogen) atoms. The molecule has 0 saturated heterocycles. The number of rotatable bonds is 6. The number of nitrogens with one attached hydrogen (secondary N) is 1. The van der Waals surface area contributed by atoms with Gasteiger partial charge in [-0.2, -0.15) is 5.10 Å². The zero-order chi connectivity index (χ0) is 20.4. The van der Waals surface area contributed by atoms with Crippen LogP contribution in [-0.2, 0) is 18.4 Å². The summed E-state index contributed by atoms with van der Waals surface area (Å²) in [4.78, 5) is 12.7. The summed E-state index contributed by atoms with van der Waals surface area (Å²) >= 11 is 1.41. The average Bonchev–Trinajstić information content (AvgIpc) is 3.17. The Kier molecular flexibility index (Phi) is 5.88. The Hall–Kier alpha value is -2.61. The molecule has 0 radical (unpaired) electrons. The molecule has 3 rings (SSSR count). The minimum atomic E-state index is -0.321. The topological polar surface area (TPSA) is 77.6 Å². The molecule has 8 heteroatoms. The van der Waals surface area contributed by atoms with Crippen molar-refractivity contribution in [2.24, 2.45) is 7.05 Å². The Morgan fingerprint density at radius 2 is 1.93 bits per heavy atom. The van der Waals surface area contributed by atoms with Gasteiger partial charge in [-0.25, -0.2) is 0 Å². The molecule has 1 atom stereocenters. The predicted octanol–water partition coefficient (Wildman–Crippen LogP) is 3.74. The van der Waals surface area contributed by atoms with E-state index in [1.54, 1.807) is 4.68 Å². The highest BCUT2D eigenvalue weighted by Crippen LogP contribution is 2.29. The first kappa shape index (κ1) is 20.1. The van der Waals surface area contributed by atoms with Crippen molar-refractivity contribution >= 4 is 23.4 Å². The lowest BCUT2D eigenvalue weighted by Gasteiger charge is -2.13. The van der Waals surface area contributed by atoms with Crippen molar-refractivity contribution in [1.29, 1.82) is 0 Å². The third kappa shape index (κ3) is 3.82. The molecule has 7 nitrogen and oxygen atoms in total. The fourth-order valence-corrected chi connectivity index (χ4v) is 3.99. The zero-order valence-corrected chi connectivity index (χ0v) is 18.0. The van der Waals surface area contributed by atoms with Crippen LogP contribution in [0.3, 0.4) is 0 Å². The van der Waals surface area contributed by atoms with Gasteiger partial charge < -0.3 is 9.88 Å². The van der Waals surface area contributed by atoms with E-state index >= 15 is 0 Å². The zero-order valence-electron chi connectivity index (χ0n) is 17.1. The molecule has 0 fully saturated rings. The SMILES string of the molecule is CCn1c(S[C@@H](C)C(=O)Nc2c(C)nn(C)c2C)nnc1-c1ccccc1C. The largest absolute Gasteiger partial charge is 0.322 e. The fourth-order valence-electron chi connectivity index (χ4n) is 3.07. The molecule has 0 spiro atoms. The first-order valence-electron chi connectivity index (χ1n) is 9.30. The monoisotopic (exact) mass is 398 g/mol. The van der Waals surface area contributed by atoms with Crippen LogP contribution in [0.1, 0.15) is 30.8 Å². The van der Waals surface area contributed by atoms with Crippen molar-refractivity contribution in [2.45, 2.75) is 51.6 Å². The molecular weight excluding hydrogens is 372 g/mol. The molecule has 148 valence electrons. The van der Waals surface area contributed by atoms with Crippen molar-refractivity contribution < 1.29 is 4.79 Å². The Labute approximate surface area is 169 Å². The number of carbonyl (C=O) groups excluding carboxylic acids is 1. The van der Waals surface area contributed by atoms with Gasteiger partial charge in [0.2, 0.25) is 5.91 Å². The summed E-state index contributed by atoms with van der Waals surface area (Å²) in [5.74, 6) is 0.752. The Morgan fingerprint density at radius 1 is 1.21 bits per heavy atom. The second kappa shape index (κ2) is 8.18. The molecule has 0 bridgehead atoms. The summed E-state index contributed by atoms with van der Waals surface area (Å²) in [6, 6.07) is 8.12. The second-order valence-electron chi connectivity index (χ2n) is 6.78. The minimum absolute atomic E-state index is 0.0766. The summed E-state index contributed by atoms with van der Waals surface area (Å²) in [5.41, 5.74) is 4.72. The molecule has 0 aliphatic rings. The van der Waals surface area contributed by atoms with Gasteiger partial charge >= 0.3 is 0 Å². The Morgan fingerprint density at radius 3 is 2.54 bits per heavy atom. The van der Waals surface area contributed by atoms with E-state index in [0.717, 1.165) is 45.7 Å². The number of aryl methyl sites for hydroxylation is 3. The summed E-state index contributed by atoms with van der Waals surface area (Å²) in [7, 11) is 1.87. The molecule has 0 unspecified atom stereocenters. The molecule has 0 saturated carbocycles. The highest BCUT2D eigenvalue weighted by molar-refractivity contribution is 8.00. The maximum absolute atomic E-state index is 12.7. The van der Waals surface area contributed by atoms with Crippen LogP contribution in [0.4, 0.5) is 5.69 Å². The van der Waals surface area contributed by atoms with Crippen LogP contribution < -0.4 is 5.32 Å². The number of amides is 1. The van der Waals surface area contributed by atoms with Crippen molar-refractivity contribution in [1.82, 2.24) is 24.5 Å². The highest BCUT2D eigenvalue weighted by atomic mass is 32.2. The van der Waals surface area contributed by atoms with E-state index in [4.69, 9.17) is 0 Å². The van der Waals surface area contributed by atoms with E-state index in [1.807, 2.05) is 46.0 Å². The van der Waals surface area contributed by atoms with Crippen LogP contribution in [-0.4, -0.2) is 35.7 Å². The van der Waals surface area contributed by atoms with Gasteiger partial charge in [0.05, 0.1) is 22.3 Å². The second-order valence-corrected chi connectivity index (χ2v) is 8.09. The van der Waals surface area contributed by atoms with Crippen molar-refractivity contribution in [3.05, 3.63) is 41.2 Å². The first-order valence-corrected chi connectivity index (χ1v) is 10.2. The van der Waals surface area contributed by atoms with Crippen LogP contribution >= 0.6 is 11.8 Å². The lowest BCUT2D eigenvalue weighted by Crippen LogP contribution is -2.23. The normalized spacial score (nSPS) is 12.2. The van der Waals surface area contributed by atoms with Crippen LogP contribution in [0.2, 0.25) is 0 Å². The van der Waals surface area contributed by atoms with Gasteiger partial charge in [-0.15, -0.1) is 10.2 Å². The quantitative estimate of drug-likeness (QED) is 0.640. The lowest BCUT2D eigenvalue weighted by atomic mass is 10.1.